The van der Waals surface area contributed by atoms with Gasteiger partial charge in [0.05, 0.1) is 6.54 Å². The number of amides is 1. The molecule has 0 saturated carbocycles. The predicted molar refractivity (Wildman–Crippen MR) is 58.9 cm³/mol. The number of hydrogen-bond donors (Lipinski definition) is 0. The van der Waals surface area contributed by atoms with Gasteiger partial charge in [-0.15, -0.1) is 0 Å². The van der Waals surface area contributed by atoms with E-state index in [1.54, 1.807) is 27.8 Å². The van der Waals surface area contributed by atoms with Crippen molar-refractivity contribution < 1.29 is 14.1 Å². The van der Waals surface area contributed by atoms with Gasteiger partial charge >= 0.3 is 6.09 Å². The van der Waals surface area contributed by atoms with Gasteiger partial charge in [-0.05, 0) is 20.8 Å². The van der Waals surface area contributed by atoms with Gasteiger partial charge in [-0.3, -0.25) is 0 Å². The van der Waals surface area contributed by atoms with Crippen LogP contribution >= 0.6 is 0 Å². The molecule has 1 aromatic heterocycles. The molecule has 0 radical (unpaired) electrons. The van der Waals surface area contributed by atoms with Crippen LogP contribution in [0.5, 0.6) is 0 Å². The van der Waals surface area contributed by atoms with Crippen molar-refractivity contribution in [3.8, 4) is 6.07 Å². The Morgan fingerprint density at radius 2 is 2.29 bits per heavy atom. The molecule has 92 valence electrons. The van der Waals surface area contributed by atoms with Crippen LogP contribution in [0.2, 0.25) is 0 Å². The summed E-state index contributed by atoms with van der Waals surface area (Å²) in [6.07, 6.45) is -0.445. The molecule has 0 saturated heterocycles. The van der Waals surface area contributed by atoms with Crippen LogP contribution in [0.15, 0.2) is 10.6 Å². The monoisotopic (exact) mass is 237 g/mol. The van der Waals surface area contributed by atoms with Gasteiger partial charge < -0.3 is 14.2 Å². The van der Waals surface area contributed by atoms with E-state index in [0.29, 0.717) is 5.69 Å². The van der Waals surface area contributed by atoms with Gasteiger partial charge in [-0.1, -0.05) is 5.16 Å². The zero-order chi connectivity index (χ0) is 13.1. The van der Waals surface area contributed by atoms with E-state index in [2.05, 4.69) is 5.16 Å². The van der Waals surface area contributed by atoms with Gasteiger partial charge in [0, 0.05) is 13.1 Å². The quantitative estimate of drug-likeness (QED) is 0.785. The maximum absolute atomic E-state index is 11.6. The van der Waals surface area contributed by atoms with Crippen LogP contribution in [0.4, 0.5) is 4.79 Å². The number of ether oxygens (including phenoxy) is 1. The molecule has 0 aliphatic rings. The molecule has 0 aliphatic carbocycles. The zero-order valence-electron chi connectivity index (χ0n) is 10.4. The van der Waals surface area contributed by atoms with Crippen molar-refractivity contribution in [1.82, 2.24) is 10.1 Å². The molecule has 0 bridgehead atoms. The summed E-state index contributed by atoms with van der Waals surface area (Å²) in [5.74, 6) is 0.123. The third-order valence-electron chi connectivity index (χ3n) is 1.77. The lowest BCUT2D eigenvalue weighted by atomic mass is 10.2. The van der Waals surface area contributed by atoms with Crippen molar-refractivity contribution in [3.05, 3.63) is 17.5 Å². The van der Waals surface area contributed by atoms with Crippen LogP contribution in [0.3, 0.4) is 0 Å². The van der Waals surface area contributed by atoms with Crippen LogP contribution < -0.4 is 0 Å². The zero-order valence-corrected chi connectivity index (χ0v) is 10.4. The van der Waals surface area contributed by atoms with Crippen molar-refractivity contribution in [2.24, 2.45) is 0 Å². The standard InChI is InChI=1S/C11H15N3O3/c1-11(2,3)16-10(15)14(4)7-8-5-9(6-12)17-13-8/h5H,7H2,1-4H3. The maximum atomic E-state index is 11.6. The Morgan fingerprint density at radius 1 is 1.65 bits per heavy atom. The van der Waals surface area contributed by atoms with Crippen molar-refractivity contribution in [2.75, 3.05) is 7.05 Å². The normalized spacial score (nSPS) is 10.8. The molecule has 1 heterocycles. The van der Waals surface area contributed by atoms with E-state index in [1.807, 2.05) is 6.07 Å². The molecule has 1 aromatic rings. The molecule has 0 aromatic carbocycles. The molecule has 6 nitrogen and oxygen atoms in total. The Kier molecular flexibility index (Phi) is 3.73. The summed E-state index contributed by atoms with van der Waals surface area (Å²) in [7, 11) is 1.59. The average Bonchev–Trinajstić information content (AvgIpc) is 2.62. The van der Waals surface area contributed by atoms with Crippen molar-refractivity contribution >= 4 is 6.09 Å². The fourth-order valence-corrected chi connectivity index (χ4v) is 1.09. The smallest absolute Gasteiger partial charge is 0.410 e. The third-order valence-corrected chi connectivity index (χ3v) is 1.77. The largest absolute Gasteiger partial charge is 0.444 e. The lowest BCUT2D eigenvalue weighted by Gasteiger charge is -2.23. The lowest BCUT2D eigenvalue weighted by Crippen LogP contribution is -2.33. The second-order valence-corrected chi connectivity index (χ2v) is 4.63. The summed E-state index contributed by atoms with van der Waals surface area (Å²) < 4.78 is 9.87. The van der Waals surface area contributed by atoms with Crippen LogP contribution in [-0.2, 0) is 11.3 Å². The molecule has 0 aliphatic heterocycles. The Morgan fingerprint density at radius 3 is 2.76 bits per heavy atom. The molecule has 0 spiro atoms. The summed E-state index contributed by atoms with van der Waals surface area (Å²) in [6, 6.07) is 3.31. The molecule has 0 unspecified atom stereocenters. The summed E-state index contributed by atoms with van der Waals surface area (Å²) in [4.78, 5) is 13.0. The number of nitrogens with zero attached hydrogens (tertiary/aromatic N) is 3. The van der Waals surface area contributed by atoms with E-state index in [0.717, 1.165) is 0 Å². The first-order chi connectivity index (χ1) is 7.81. The highest BCUT2D eigenvalue weighted by Gasteiger charge is 2.20. The minimum atomic E-state index is -0.535. The van der Waals surface area contributed by atoms with Crippen molar-refractivity contribution in [2.45, 2.75) is 32.9 Å². The summed E-state index contributed by atoms with van der Waals surface area (Å²) in [5.41, 5.74) is -0.0256. The highest BCUT2D eigenvalue weighted by molar-refractivity contribution is 5.67. The van der Waals surface area contributed by atoms with E-state index >= 15 is 0 Å². The molecule has 1 rings (SSSR count). The minimum absolute atomic E-state index is 0.123. The number of nitriles is 1. The molecular weight excluding hydrogens is 222 g/mol. The van der Waals surface area contributed by atoms with Gasteiger partial charge in [0.25, 0.3) is 0 Å². The number of carbonyl (C=O) groups is 1. The van der Waals surface area contributed by atoms with E-state index < -0.39 is 11.7 Å². The topological polar surface area (TPSA) is 79.4 Å². The first kappa shape index (κ1) is 13.0. The summed E-state index contributed by atoms with van der Waals surface area (Å²) in [5, 5.41) is 12.2. The molecule has 0 atom stereocenters. The first-order valence-corrected chi connectivity index (χ1v) is 5.11. The van der Waals surface area contributed by atoms with Gasteiger partial charge in [-0.2, -0.15) is 5.26 Å². The molecule has 1 amide bonds. The second-order valence-electron chi connectivity index (χ2n) is 4.63. The SMILES string of the molecule is CN(Cc1cc(C#N)on1)C(=O)OC(C)(C)C. The van der Waals surface area contributed by atoms with E-state index in [4.69, 9.17) is 14.5 Å². The average molecular weight is 237 g/mol. The lowest BCUT2D eigenvalue weighted by molar-refractivity contribution is 0.0282. The Labute approximate surface area is 99.7 Å². The highest BCUT2D eigenvalue weighted by atomic mass is 16.6. The first-order valence-electron chi connectivity index (χ1n) is 5.11. The Hall–Kier alpha value is -2.03. The van der Waals surface area contributed by atoms with Crippen molar-refractivity contribution in [1.29, 1.82) is 5.26 Å². The maximum Gasteiger partial charge on any atom is 0.410 e. The molecule has 6 heteroatoms. The third kappa shape index (κ3) is 4.15. The van der Waals surface area contributed by atoms with Gasteiger partial charge in [0.15, 0.2) is 0 Å². The van der Waals surface area contributed by atoms with E-state index in [-0.39, 0.29) is 12.3 Å². The Balaban J connectivity index is 2.57. The molecule has 0 fully saturated rings. The van der Waals surface area contributed by atoms with E-state index in [9.17, 15) is 4.79 Å². The highest BCUT2D eigenvalue weighted by Crippen LogP contribution is 2.11. The summed E-state index contributed by atoms with van der Waals surface area (Å²) in [6.45, 7) is 5.62. The van der Waals surface area contributed by atoms with Gasteiger partial charge in [-0.25, -0.2) is 4.79 Å². The second kappa shape index (κ2) is 4.87. The van der Waals surface area contributed by atoms with E-state index in [1.165, 1.54) is 11.0 Å². The fraction of sp³-hybridized carbons (Fsp3) is 0.545. The fourth-order valence-electron chi connectivity index (χ4n) is 1.09. The number of carbonyl (C=O) groups excluding carboxylic acids is 1. The number of rotatable bonds is 2. The van der Waals surface area contributed by atoms with Crippen LogP contribution in [0.1, 0.15) is 32.2 Å². The number of hydrogen-bond acceptors (Lipinski definition) is 5. The van der Waals surface area contributed by atoms with Gasteiger partial charge in [0.1, 0.15) is 17.4 Å². The molecule has 0 N–H and O–H groups in total. The summed E-state index contributed by atoms with van der Waals surface area (Å²) >= 11 is 0. The van der Waals surface area contributed by atoms with Crippen molar-refractivity contribution in [3.63, 3.8) is 0 Å². The van der Waals surface area contributed by atoms with Gasteiger partial charge in [0.2, 0.25) is 5.76 Å². The Bertz CT molecular complexity index is 440. The van der Waals surface area contributed by atoms with Crippen LogP contribution in [0, 0.1) is 11.3 Å². The predicted octanol–water partition coefficient (Wildman–Crippen LogP) is 1.91. The van der Waals surface area contributed by atoms with Crippen LogP contribution in [-0.4, -0.2) is 28.8 Å². The number of aromatic nitrogens is 1. The minimum Gasteiger partial charge on any atom is -0.444 e. The molecular formula is C11H15N3O3. The molecule has 17 heavy (non-hydrogen) atoms. The van der Waals surface area contributed by atoms with Crippen LogP contribution in [0.25, 0.3) is 0 Å².